The summed E-state index contributed by atoms with van der Waals surface area (Å²) >= 11 is 0. The van der Waals surface area contributed by atoms with Crippen LogP contribution in [0.2, 0.25) is 0 Å². The molecule has 0 aliphatic rings. The van der Waals surface area contributed by atoms with Crippen LogP contribution in [0.4, 0.5) is 5.69 Å². The van der Waals surface area contributed by atoms with Crippen LogP contribution in [0.15, 0.2) is 24.3 Å². The molecule has 0 fully saturated rings. The molecule has 4 heteroatoms. The van der Waals surface area contributed by atoms with Crippen molar-refractivity contribution >= 4 is 11.6 Å². The highest BCUT2D eigenvalue weighted by Crippen LogP contribution is 2.14. The lowest BCUT2D eigenvalue weighted by Crippen LogP contribution is -2.36. The number of nitrogens with zero attached hydrogens (tertiary/aromatic N) is 2. The average Bonchev–Trinajstić information content (AvgIpc) is 2.44. The molecule has 0 saturated heterocycles. The van der Waals surface area contributed by atoms with Crippen molar-refractivity contribution in [1.82, 2.24) is 10.2 Å². The Hall–Kier alpha value is -1.55. The molecule has 0 heterocycles. The number of carbonyl (C=O) groups excluding carboxylic acids is 1. The van der Waals surface area contributed by atoms with E-state index >= 15 is 0 Å². The Morgan fingerprint density at radius 2 is 1.80 bits per heavy atom. The molecule has 1 N–H and O–H groups in total. The minimum absolute atomic E-state index is 0.0148. The first-order chi connectivity index (χ1) is 9.45. The lowest BCUT2D eigenvalue weighted by Gasteiger charge is -2.22. The van der Waals surface area contributed by atoms with E-state index in [0.717, 1.165) is 18.7 Å². The number of hydrogen-bond donors (Lipinski definition) is 1. The molecule has 1 aromatic rings. The molecular formula is C16H27N3O. The van der Waals surface area contributed by atoms with Gasteiger partial charge in [-0.25, -0.2) is 0 Å². The molecule has 0 spiro atoms. The maximum absolute atomic E-state index is 12.2. The van der Waals surface area contributed by atoms with Gasteiger partial charge in [-0.1, -0.05) is 26.0 Å². The van der Waals surface area contributed by atoms with Gasteiger partial charge in [0.25, 0.3) is 0 Å². The van der Waals surface area contributed by atoms with E-state index in [9.17, 15) is 4.79 Å². The van der Waals surface area contributed by atoms with E-state index in [-0.39, 0.29) is 11.8 Å². The Labute approximate surface area is 122 Å². The summed E-state index contributed by atoms with van der Waals surface area (Å²) in [6.45, 7) is 6.30. The first kappa shape index (κ1) is 16.5. The molecule has 0 radical (unpaired) electrons. The lowest BCUT2D eigenvalue weighted by atomic mass is 10.1. The van der Waals surface area contributed by atoms with Crippen LogP contribution in [0.5, 0.6) is 0 Å². The van der Waals surface area contributed by atoms with Crippen molar-refractivity contribution in [2.24, 2.45) is 5.92 Å². The maximum Gasteiger partial charge on any atom is 0.226 e. The van der Waals surface area contributed by atoms with E-state index in [4.69, 9.17) is 0 Å². The normalized spacial score (nSPS) is 12.1. The molecule has 0 bridgehead atoms. The Bertz CT molecular complexity index is 414. The van der Waals surface area contributed by atoms with Gasteiger partial charge in [0.15, 0.2) is 0 Å². The summed E-state index contributed by atoms with van der Waals surface area (Å²) in [5, 5.41) is 3.21. The van der Waals surface area contributed by atoms with Gasteiger partial charge >= 0.3 is 0 Å². The average molecular weight is 277 g/mol. The third kappa shape index (κ3) is 4.85. The molecule has 0 aliphatic heterocycles. The number of rotatable bonds is 7. The summed E-state index contributed by atoms with van der Waals surface area (Å²) in [4.78, 5) is 16.1. The number of benzene rings is 1. The van der Waals surface area contributed by atoms with Gasteiger partial charge in [-0.15, -0.1) is 0 Å². The number of anilines is 1. The standard InChI is InChI=1S/C16H27N3O/c1-6-17-11-13(2)16(20)19(5)12-14-7-9-15(10-8-14)18(3)4/h7-10,13,17H,6,11-12H2,1-5H3. The van der Waals surface area contributed by atoms with E-state index in [0.29, 0.717) is 6.54 Å². The molecule has 1 aromatic carbocycles. The summed E-state index contributed by atoms with van der Waals surface area (Å²) in [5.74, 6) is 0.198. The molecule has 1 rings (SSSR count). The van der Waals surface area contributed by atoms with E-state index in [1.54, 1.807) is 4.90 Å². The largest absolute Gasteiger partial charge is 0.378 e. The fourth-order valence-corrected chi connectivity index (χ4v) is 2.08. The molecule has 1 unspecified atom stereocenters. The number of hydrogen-bond acceptors (Lipinski definition) is 3. The van der Waals surface area contributed by atoms with Gasteiger partial charge in [0.05, 0.1) is 0 Å². The molecule has 0 aliphatic carbocycles. The smallest absolute Gasteiger partial charge is 0.226 e. The summed E-state index contributed by atoms with van der Waals surface area (Å²) < 4.78 is 0. The van der Waals surface area contributed by atoms with Gasteiger partial charge in [0, 0.05) is 45.8 Å². The zero-order chi connectivity index (χ0) is 15.1. The minimum atomic E-state index is 0.0148. The van der Waals surface area contributed by atoms with E-state index < -0.39 is 0 Å². The van der Waals surface area contributed by atoms with Crippen molar-refractivity contribution in [3.63, 3.8) is 0 Å². The van der Waals surface area contributed by atoms with E-state index in [2.05, 4.69) is 34.5 Å². The molecule has 1 atom stereocenters. The topological polar surface area (TPSA) is 35.6 Å². The predicted molar refractivity (Wildman–Crippen MR) is 85.0 cm³/mol. The summed E-state index contributed by atoms with van der Waals surface area (Å²) in [7, 11) is 5.91. The third-order valence-electron chi connectivity index (χ3n) is 3.37. The van der Waals surface area contributed by atoms with Crippen LogP contribution < -0.4 is 10.2 Å². The summed E-state index contributed by atoms with van der Waals surface area (Å²) in [5.41, 5.74) is 2.32. The second-order valence-electron chi connectivity index (χ2n) is 5.46. The number of amides is 1. The van der Waals surface area contributed by atoms with Gasteiger partial charge in [0.1, 0.15) is 0 Å². The maximum atomic E-state index is 12.2. The summed E-state index contributed by atoms with van der Waals surface area (Å²) in [6.07, 6.45) is 0. The SMILES string of the molecule is CCNCC(C)C(=O)N(C)Cc1ccc(N(C)C)cc1. The zero-order valence-electron chi connectivity index (χ0n) is 13.3. The van der Waals surface area contributed by atoms with Crippen molar-refractivity contribution in [1.29, 1.82) is 0 Å². The molecule has 4 nitrogen and oxygen atoms in total. The Morgan fingerprint density at radius 1 is 1.20 bits per heavy atom. The van der Waals surface area contributed by atoms with Gasteiger partial charge in [-0.3, -0.25) is 4.79 Å². The third-order valence-corrected chi connectivity index (χ3v) is 3.37. The fraction of sp³-hybridized carbons (Fsp3) is 0.562. The second kappa shape index (κ2) is 7.90. The van der Waals surface area contributed by atoms with Crippen LogP contribution in [0.1, 0.15) is 19.4 Å². The van der Waals surface area contributed by atoms with Crippen molar-refractivity contribution in [2.45, 2.75) is 20.4 Å². The molecule has 20 heavy (non-hydrogen) atoms. The van der Waals surface area contributed by atoms with Crippen molar-refractivity contribution in [3.05, 3.63) is 29.8 Å². The van der Waals surface area contributed by atoms with Crippen LogP contribution >= 0.6 is 0 Å². The Kier molecular flexibility index (Phi) is 6.52. The van der Waals surface area contributed by atoms with Crippen LogP contribution in [-0.4, -0.2) is 45.0 Å². The van der Waals surface area contributed by atoms with Crippen LogP contribution in [0.3, 0.4) is 0 Å². The molecule has 0 saturated carbocycles. The quantitative estimate of drug-likeness (QED) is 0.827. The van der Waals surface area contributed by atoms with Crippen molar-refractivity contribution in [2.75, 3.05) is 39.1 Å². The molecule has 1 amide bonds. The molecule has 112 valence electrons. The van der Waals surface area contributed by atoms with Gasteiger partial charge < -0.3 is 15.1 Å². The first-order valence-electron chi connectivity index (χ1n) is 7.17. The first-order valence-corrected chi connectivity index (χ1v) is 7.17. The molecular weight excluding hydrogens is 250 g/mol. The van der Waals surface area contributed by atoms with Crippen LogP contribution in [0.25, 0.3) is 0 Å². The Morgan fingerprint density at radius 3 is 2.30 bits per heavy atom. The highest BCUT2D eigenvalue weighted by Gasteiger charge is 2.16. The van der Waals surface area contributed by atoms with Crippen LogP contribution in [0, 0.1) is 5.92 Å². The summed E-state index contributed by atoms with van der Waals surface area (Å²) in [6, 6.07) is 8.31. The zero-order valence-corrected chi connectivity index (χ0v) is 13.3. The Balaban J connectivity index is 2.56. The number of nitrogens with one attached hydrogen (secondary N) is 1. The monoisotopic (exact) mass is 277 g/mol. The number of carbonyl (C=O) groups is 1. The van der Waals surface area contributed by atoms with Gasteiger partial charge in [0.2, 0.25) is 5.91 Å². The van der Waals surface area contributed by atoms with Crippen molar-refractivity contribution in [3.8, 4) is 0 Å². The lowest BCUT2D eigenvalue weighted by molar-refractivity contribution is -0.134. The second-order valence-corrected chi connectivity index (χ2v) is 5.46. The van der Waals surface area contributed by atoms with Crippen LogP contribution in [-0.2, 0) is 11.3 Å². The van der Waals surface area contributed by atoms with Gasteiger partial charge in [-0.2, -0.15) is 0 Å². The van der Waals surface area contributed by atoms with E-state index in [1.165, 1.54) is 5.69 Å². The van der Waals surface area contributed by atoms with Crippen molar-refractivity contribution < 1.29 is 4.79 Å². The predicted octanol–water partition coefficient (Wildman–Crippen LogP) is 1.96. The van der Waals surface area contributed by atoms with E-state index in [1.807, 2.05) is 35.0 Å². The highest BCUT2D eigenvalue weighted by molar-refractivity contribution is 5.78. The molecule has 0 aromatic heterocycles. The van der Waals surface area contributed by atoms with Gasteiger partial charge in [-0.05, 0) is 24.2 Å². The highest BCUT2D eigenvalue weighted by atomic mass is 16.2. The minimum Gasteiger partial charge on any atom is -0.378 e. The fourth-order valence-electron chi connectivity index (χ4n) is 2.08.